The minimum Gasteiger partial charge on any atom is -0.295 e. The molecule has 0 fully saturated rings. The summed E-state index contributed by atoms with van der Waals surface area (Å²) >= 11 is 0. The van der Waals surface area contributed by atoms with Gasteiger partial charge in [0.25, 0.3) is 0 Å². The Morgan fingerprint density at radius 2 is 1.72 bits per heavy atom. The zero-order chi connectivity index (χ0) is 13.7. The Balaban J connectivity index is 2.65. The Bertz CT molecular complexity index is 572. The van der Waals surface area contributed by atoms with Gasteiger partial charge in [0.15, 0.2) is 11.5 Å². The molecule has 0 aliphatic carbocycles. The Labute approximate surface area is 109 Å². The number of aromatic amines is 1. The van der Waals surface area contributed by atoms with Gasteiger partial charge in [-0.25, -0.2) is 4.52 Å². The van der Waals surface area contributed by atoms with Crippen LogP contribution >= 0.6 is 0 Å². The van der Waals surface area contributed by atoms with E-state index in [1.165, 1.54) is 5.56 Å². The highest BCUT2D eigenvalue weighted by molar-refractivity contribution is 5.49. The summed E-state index contributed by atoms with van der Waals surface area (Å²) in [7, 11) is 0. The van der Waals surface area contributed by atoms with Crippen LogP contribution in [0.3, 0.4) is 0 Å². The Morgan fingerprint density at radius 3 is 2.28 bits per heavy atom. The van der Waals surface area contributed by atoms with Crippen molar-refractivity contribution in [2.75, 3.05) is 0 Å². The Kier molecular flexibility index (Phi) is 2.80. The van der Waals surface area contributed by atoms with Crippen LogP contribution in [0.25, 0.3) is 5.65 Å². The molecule has 2 aromatic heterocycles. The highest BCUT2D eigenvalue weighted by atomic mass is 15.4. The summed E-state index contributed by atoms with van der Waals surface area (Å²) in [6.07, 6.45) is 1.10. The number of rotatable bonds is 3. The summed E-state index contributed by atoms with van der Waals surface area (Å²) in [6, 6.07) is 0. The Morgan fingerprint density at radius 1 is 1.11 bits per heavy atom. The van der Waals surface area contributed by atoms with E-state index in [2.05, 4.69) is 63.8 Å². The third kappa shape index (κ3) is 1.58. The van der Waals surface area contributed by atoms with E-state index in [1.54, 1.807) is 0 Å². The van der Waals surface area contributed by atoms with Gasteiger partial charge in [-0.05, 0) is 19.3 Å². The minimum atomic E-state index is -0.0368. The maximum Gasteiger partial charge on any atom is 0.180 e. The van der Waals surface area contributed by atoms with E-state index in [0.717, 1.165) is 23.6 Å². The lowest BCUT2D eigenvalue weighted by Gasteiger charge is -2.39. The lowest BCUT2D eigenvalue weighted by Crippen LogP contribution is -2.38. The van der Waals surface area contributed by atoms with Crippen LogP contribution in [0.5, 0.6) is 0 Å². The molecule has 0 bridgehead atoms. The van der Waals surface area contributed by atoms with Crippen LogP contribution in [0.2, 0.25) is 0 Å². The van der Waals surface area contributed by atoms with Gasteiger partial charge in [-0.15, -0.1) is 10.2 Å². The van der Waals surface area contributed by atoms with Crippen molar-refractivity contribution in [1.29, 1.82) is 0 Å². The van der Waals surface area contributed by atoms with Gasteiger partial charge in [-0.2, -0.15) is 0 Å². The normalized spacial score (nSPS) is 13.5. The van der Waals surface area contributed by atoms with Gasteiger partial charge >= 0.3 is 0 Å². The molecule has 18 heavy (non-hydrogen) atoms. The first-order valence-electron chi connectivity index (χ1n) is 6.63. The van der Waals surface area contributed by atoms with Crippen LogP contribution in [-0.2, 0) is 5.41 Å². The molecular formula is C14H24N4. The molecule has 1 N–H and O–H groups in total. The first-order valence-corrected chi connectivity index (χ1v) is 6.63. The van der Waals surface area contributed by atoms with Crippen molar-refractivity contribution in [2.45, 2.75) is 60.3 Å². The molecule has 4 nitrogen and oxygen atoms in total. The first-order chi connectivity index (χ1) is 8.22. The van der Waals surface area contributed by atoms with Gasteiger partial charge < -0.3 is 0 Å². The fraction of sp³-hybridized carbons (Fsp3) is 0.714. The summed E-state index contributed by atoms with van der Waals surface area (Å²) < 4.78 is 2.04. The SMILES string of the molecule is CCC(C)(C)C(C)(C)c1nnc2c(C)c(C)[nH]n12. The Hall–Kier alpha value is -1.32. The van der Waals surface area contributed by atoms with Crippen molar-refractivity contribution in [3.63, 3.8) is 0 Å². The van der Waals surface area contributed by atoms with Gasteiger partial charge in [0, 0.05) is 16.7 Å². The second-order valence-electron chi connectivity index (χ2n) is 6.41. The molecule has 0 radical (unpaired) electrons. The molecular weight excluding hydrogens is 224 g/mol. The zero-order valence-electron chi connectivity index (χ0n) is 12.5. The van der Waals surface area contributed by atoms with E-state index in [1.807, 2.05) is 4.52 Å². The average Bonchev–Trinajstić information content (AvgIpc) is 2.81. The predicted molar refractivity (Wildman–Crippen MR) is 73.9 cm³/mol. The van der Waals surface area contributed by atoms with Crippen molar-refractivity contribution in [1.82, 2.24) is 19.8 Å². The largest absolute Gasteiger partial charge is 0.295 e. The maximum atomic E-state index is 4.42. The molecule has 0 spiro atoms. The number of H-pyrrole nitrogens is 1. The molecule has 0 saturated carbocycles. The monoisotopic (exact) mass is 248 g/mol. The van der Waals surface area contributed by atoms with E-state index in [9.17, 15) is 0 Å². The molecule has 0 aromatic carbocycles. The summed E-state index contributed by atoms with van der Waals surface area (Å²) in [5, 5.41) is 12.1. The summed E-state index contributed by atoms with van der Waals surface area (Å²) in [5.41, 5.74) is 3.42. The lowest BCUT2D eigenvalue weighted by atomic mass is 9.66. The van der Waals surface area contributed by atoms with Gasteiger partial charge in [-0.1, -0.05) is 41.0 Å². The molecule has 2 aromatic rings. The summed E-state index contributed by atoms with van der Waals surface area (Å²) in [5.74, 6) is 1.01. The first kappa shape index (κ1) is 13.1. The molecule has 0 aliphatic rings. The molecule has 2 heterocycles. The van der Waals surface area contributed by atoms with Crippen molar-refractivity contribution in [3.8, 4) is 0 Å². The second-order valence-corrected chi connectivity index (χ2v) is 6.41. The third-order valence-corrected chi connectivity index (χ3v) is 4.98. The predicted octanol–water partition coefficient (Wildman–Crippen LogP) is 3.39. The molecule has 4 heteroatoms. The molecule has 0 atom stereocenters. The summed E-state index contributed by atoms with van der Waals surface area (Å²) in [6.45, 7) is 15.5. The highest BCUT2D eigenvalue weighted by Gasteiger charge is 2.41. The highest BCUT2D eigenvalue weighted by Crippen LogP contribution is 2.42. The topological polar surface area (TPSA) is 46.0 Å². The molecule has 2 rings (SSSR count). The molecule has 0 saturated heterocycles. The van der Waals surface area contributed by atoms with Crippen LogP contribution in [-0.4, -0.2) is 19.8 Å². The third-order valence-electron chi connectivity index (χ3n) is 4.98. The van der Waals surface area contributed by atoms with Crippen LogP contribution in [0.1, 0.15) is 58.1 Å². The van der Waals surface area contributed by atoms with Crippen LogP contribution in [0.4, 0.5) is 0 Å². The fourth-order valence-electron chi connectivity index (χ4n) is 2.20. The lowest BCUT2D eigenvalue weighted by molar-refractivity contribution is 0.176. The minimum absolute atomic E-state index is 0.0368. The smallest absolute Gasteiger partial charge is 0.180 e. The van der Waals surface area contributed by atoms with E-state index in [-0.39, 0.29) is 10.8 Å². The van der Waals surface area contributed by atoms with E-state index >= 15 is 0 Å². The van der Waals surface area contributed by atoms with Crippen LogP contribution in [0, 0.1) is 19.3 Å². The van der Waals surface area contributed by atoms with Crippen LogP contribution in [0.15, 0.2) is 0 Å². The number of aryl methyl sites for hydroxylation is 2. The zero-order valence-corrected chi connectivity index (χ0v) is 12.5. The number of nitrogens with zero attached hydrogens (tertiary/aromatic N) is 3. The van der Waals surface area contributed by atoms with Crippen LogP contribution < -0.4 is 0 Å². The van der Waals surface area contributed by atoms with Crippen molar-refractivity contribution >= 4 is 5.65 Å². The van der Waals surface area contributed by atoms with Gasteiger partial charge in [0.05, 0.1) is 0 Å². The second kappa shape index (κ2) is 3.84. The maximum absolute atomic E-state index is 4.42. The van der Waals surface area contributed by atoms with Crippen molar-refractivity contribution < 1.29 is 0 Å². The van der Waals surface area contributed by atoms with E-state index in [4.69, 9.17) is 0 Å². The average molecular weight is 248 g/mol. The molecule has 0 unspecified atom stereocenters. The van der Waals surface area contributed by atoms with Gasteiger partial charge in [0.1, 0.15) is 0 Å². The van der Waals surface area contributed by atoms with Gasteiger partial charge in [-0.3, -0.25) is 5.10 Å². The number of hydrogen-bond acceptors (Lipinski definition) is 2. The number of hydrogen-bond donors (Lipinski definition) is 1. The standard InChI is InChI=1S/C14H24N4/c1-8-13(4,5)14(6,7)12-16-15-11-9(2)10(3)17-18(11)12/h17H,8H2,1-7H3. The van der Waals surface area contributed by atoms with E-state index < -0.39 is 0 Å². The molecule has 0 amide bonds. The van der Waals surface area contributed by atoms with Crippen molar-refractivity contribution in [3.05, 3.63) is 17.1 Å². The van der Waals surface area contributed by atoms with Crippen molar-refractivity contribution in [2.24, 2.45) is 5.41 Å². The number of nitrogens with one attached hydrogen (secondary N) is 1. The quantitative estimate of drug-likeness (QED) is 0.905. The number of aromatic nitrogens is 4. The fourth-order valence-corrected chi connectivity index (χ4v) is 2.20. The van der Waals surface area contributed by atoms with E-state index in [0.29, 0.717) is 0 Å². The molecule has 100 valence electrons. The van der Waals surface area contributed by atoms with Gasteiger partial charge in [0.2, 0.25) is 0 Å². The molecule has 0 aliphatic heterocycles. The number of fused-ring (bicyclic) bond motifs is 1. The summed E-state index contributed by atoms with van der Waals surface area (Å²) in [4.78, 5) is 0.